The zero-order valence-corrected chi connectivity index (χ0v) is 13.8. The summed E-state index contributed by atoms with van der Waals surface area (Å²) in [4.78, 5) is 0.194. The highest BCUT2D eigenvalue weighted by atomic mass is 32.2. The lowest BCUT2D eigenvalue weighted by molar-refractivity contribution is 0.352. The number of hydrogen-bond donors (Lipinski definition) is 1. The van der Waals surface area contributed by atoms with Crippen LogP contribution in [-0.4, -0.2) is 20.2 Å². The second kappa shape index (κ2) is 6.17. The third kappa shape index (κ3) is 3.46. The summed E-state index contributed by atoms with van der Waals surface area (Å²) in [6, 6.07) is 9.07. The number of benzene rings is 1. The van der Waals surface area contributed by atoms with Crippen molar-refractivity contribution in [2.45, 2.75) is 26.3 Å². The van der Waals surface area contributed by atoms with Crippen LogP contribution in [0, 0.1) is 0 Å². The molecule has 2 heterocycles. The van der Waals surface area contributed by atoms with Crippen LogP contribution in [0.15, 0.2) is 39.8 Å². The number of nitrogens with one attached hydrogen (secondary N) is 1. The number of rotatable bonds is 5. The Hall–Kier alpha value is -2.12. The summed E-state index contributed by atoms with van der Waals surface area (Å²) in [5.41, 5.74) is 1.55. The number of hydrogen-bond acceptors (Lipinski definition) is 5. The fraction of sp³-hybridized carbons (Fsp3) is 0.312. The molecular formula is C16H18N2O4S. The van der Waals surface area contributed by atoms with Gasteiger partial charge in [0.05, 0.1) is 17.1 Å². The summed E-state index contributed by atoms with van der Waals surface area (Å²) in [5, 5.41) is 3.91. The molecule has 1 aromatic carbocycles. The highest BCUT2D eigenvalue weighted by Crippen LogP contribution is 2.27. The van der Waals surface area contributed by atoms with Gasteiger partial charge in [-0.25, -0.2) is 13.1 Å². The molecule has 0 atom stereocenters. The van der Waals surface area contributed by atoms with Crippen molar-refractivity contribution in [2.75, 3.05) is 6.61 Å². The van der Waals surface area contributed by atoms with Crippen LogP contribution >= 0.6 is 0 Å². The SMILES string of the molecule is CC(C)c1cc(CNS(=O)(=O)C2=Cc3ccccc3OC2)on1. The zero-order chi connectivity index (χ0) is 16.4. The van der Waals surface area contributed by atoms with E-state index in [4.69, 9.17) is 9.26 Å². The largest absolute Gasteiger partial charge is 0.487 e. The molecular weight excluding hydrogens is 316 g/mol. The van der Waals surface area contributed by atoms with Crippen molar-refractivity contribution in [3.63, 3.8) is 0 Å². The number of ether oxygens (including phenoxy) is 1. The van der Waals surface area contributed by atoms with Gasteiger partial charge in [-0.3, -0.25) is 0 Å². The van der Waals surface area contributed by atoms with Gasteiger partial charge in [0.2, 0.25) is 10.0 Å². The van der Waals surface area contributed by atoms with E-state index in [1.54, 1.807) is 12.1 Å². The normalized spacial score (nSPS) is 14.3. The average Bonchev–Trinajstić information content (AvgIpc) is 3.02. The molecule has 1 aliphatic rings. The predicted molar refractivity (Wildman–Crippen MR) is 86.3 cm³/mol. The highest BCUT2D eigenvalue weighted by Gasteiger charge is 2.23. The van der Waals surface area contributed by atoms with Crippen LogP contribution in [0.2, 0.25) is 0 Å². The Bertz CT molecular complexity index is 837. The molecule has 6 nitrogen and oxygen atoms in total. The molecule has 23 heavy (non-hydrogen) atoms. The van der Waals surface area contributed by atoms with Gasteiger partial charge in [0, 0.05) is 11.6 Å². The van der Waals surface area contributed by atoms with Crippen molar-refractivity contribution in [3.05, 3.63) is 52.3 Å². The Kier molecular flexibility index (Phi) is 4.23. The average molecular weight is 334 g/mol. The molecule has 1 aliphatic heterocycles. The molecule has 2 aromatic rings. The molecule has 7 heteroatoms. The third-order valence-corrected chi connectivity index (χ3v) is 5.01. The standard InChI is InChI=1S/C16H18N2O4S/c1-11(2)15-8-13(22-18-15)9-17-23(19,20)14-7-12-5-3-4-6-16(12)21-10-14/h3-8,11,17H,9-10H2,1-2H3. The first kappa shape index (κ1) is 15.8. The van der Waals surface area contributed by atoms with Crippen LogP contribution in [0.5, 0.6) is 5.75 Å². The van der Waals surface area contributed by atoms with Crippen LogP contribution in [0.1, 0.15) is 36.8 Å². The van der Waals surface area contributed by atoms with Crippen molar-refractivity contribution < 1.29 is 17.7 Å². The minimum atomic E-state index is -3.64. The smallest absolute Gasteiger partial charge is 0.240 e. The van der Waals surface area contributed by atoms with E-state index in [1.165, 1.54) is 0 Å². The fourth-order valence-electron chi connectivity index (χ4n) is 2.19. The molecule has 0 saturated carbocycles. The third-order valence-electron chi connectivity index (χ3n) is 3.56. The number of fused-ring (bicyclic) bond motifs is 1. The minimum absolute atomic E-state index is 0.0139. The van der Waals surface area contributed by atoms with Gasteiger partial charge in [0.15, 0.2) is 5.76 Å². The predicted octanol–water partition coefficient (Wildman–Crippen LogP) is 2.65. The number of para-hydroxylation sites is 1. The molecule has 3 rings (SSSR count). The van der Waals surface area contributed by atoms with E-state index in [-0.39, 0.29) is 24.0 Å². The summed E-state index contributed by atoms with van der Waals surface area (Å²) in [6.07, 6.45) is 1.63. The van der Waals surface area contributed by atoms with Gasteiger partial charge in [0.25, 0.3) is 0 Å². The Morgan fingerprint density at radius 1 is 1.30 bits per heavy atom. The molecule has 0 amide bonds. The van der Waals surface area contributed by atoms with E-state index in [0.717, 1.165) is 11.3 Å². The van der Waals surface area contributed by atoms with Gasteiger partial charge >= 0.3 is 0 Å². The zero-order valence-electron chi connectivity index (χ0n) is 12.9. The summed E-state index contributed by atoms with van der Waals surface area (Å²) >= 11 is 0. The van der Waals surface area contributed by atoms with Gasteiger partial charge in [-0.2, -0.15) is 0 Å². The first-order chi connectivity index (χ1) is 11.0. The van der Waals surface area contributed by atoms with Crippen LogP contribution in [0.3, 0.4) is 0 Å². The molecule has 1 N–H and O–H groups in total. The Morgan fingerprint density at radius 3 is 2.83 bits per heavy atom. The van der Waals surface area contributed by atoms with E-state index in [1.807, 2.05) is 38.1 Å². The van der Waals surface area contributed by atoms with Gasteiger partial charge in [0.1, 0.15) is 12.4 Å². The van der Waals surface area contributed by atoms with Gasteiger partial charge in [-0.15, -0.1) is 0 Å². The lowest BCUT2D eigenvalue weighted by Crippen LogP contribution is -2.28. The quantitative estimate of drug-likeness (QED) is 0.909. The molecule has 0 aliphatic carbocycles. The second-order valence-electron chi connectivity index (χ2n) is 5.63. The number of nitrogens with zero attached hydrogens (tertiary/aromatic N) is 1. The summed E-state index contributed by atoms with van der Waals surface area (Å²) in [5.74, 6) is 1.40. The lowest BCUT2D eigenvalue weighted by atomic mass is 10.1. The second-order valence-corrected chi connectivity index (χ2v) is 7.45. The minimum Gasteiger partial charge on any atom is -0.487 e. The highest BCUT2D eigenvalue weighted by molar-refractivity contribution is 7.93. The van der Waals surface area contributed by atoms with Crippen LogP contribution < -0.4 is 9.46 Å². The maximum Gasteiger partial charge on any atom is 0.240 e. The Balaban J connectivity index is 1.73. The fourth-order valence-corrected chi connectivity index (χ4v) is 3.21. The first-order valence-electron chi connectivity index (χ1n) is 7.33. The summed E-state index contributed by atoms with van der Waals surface area (Å²) in [6.45, 7) is 4.06. The van der Waals surface area contributed by atoms with Crippen molar-refractivity contribution >= 4 is 16.1 Å². The Morgan fingerprint density at radius 2 is 2.09 bits per heavy atom. The van der Waals surface area contributed by atoms with Crippen molar-refractivity contribution in [1.82, 2.24) is 9.88 Å². The molecule has 122 valence electrons. The summed E-state index contributed by atoms with van der Waals surface area (Å²) < 4.78 is 37.9. The Labute approximate surface area is 135 Å². The van der Waals surface area contributed by atoms with E-state index in [2.05, 4.69) is 9.88 Å². The molecule has 0 spiro atoms. The van der Waals surface area contributed by atoms with E-state index >= 15 is 0 Å². The first-order valence-corrected chi connectivity index (χ1v) is 8.81. The number of sulfonamides is 1. The van der Waals surface area contributed by atoms with Gasteiger partial charge in [-0.1, -0.05) is 37.2 Å². The van der Waals surface area contributed by atoms with Crippen molar-refractivity contribution in [3.8, 4) is 5.75 Å². The maximum absolute atomic E-state index is 12.4. The van der Waals surface area contributed by atoms with Crippen molar-refractivity contribution in [1.29, 1.82) is 0 Å². The van der Waals surface area contributed by atoms with Crippen LogP contribution in [0.4, 0.5) is 0 Å². The van der Waals surface area contributed by atoms with Crippen molar-refractivity contribution in [2.24, 2.45) is 0 Å². The molecule has 0 unspecified atom stereocenters. The van der Waals surface area contributed by atoms with Gasteiger partial charge < -0.3 is 9.26 Å². The van der Waals surface area contributed by atoms with E-state index in [9.17, 15) is 8.42 Å². The molecule has 0 saturated heterocycles. The monoisotopic (exact) mass is 334 g/mol. The lowest BCUT2D eigenvalue weighted by Gasteiger charge is -2.17. The maximum atomic E-state index is 12.4. The summed E-state index contributed by atoms with van der Waals surface area (Å²) in [7, 11) is -3.64. The number of aromatic nitrogens is 1. The molecule has 0 bridgehead atoms. The molecule has 1 aromatic heterocycles. The molecule has 0 fully saturated rings. The van der Waals surface area contributed by atoms with Crippen LogP contribution in [0.25, 0.3) is 6.08 Å². The van der Waals surface area contributed by atoms with Gasteiger partial charge in [-0.05, 0) is 18.1 Å². The van der Waals surface area contributed by atoms with E-state index in [0.29, 0.717) is 11.5 Å². The van der Waals surface area contributed by atoms with Crippen LogP contribution in [-0.2, 0) is 16.6 Å². The van der Waals surface area contributed by atoms with E-state index < -0.39 is 10.0 Å². The molecule has 0 radical (unpaired) electrons. The topological polar surface area (TPSA) is 81.4 Å².